The van der Waals surface area contributed by atoms with Crippen molar-refractivity contribution in [3.63, 3.8) is 0 Å². The highest BCUT2D eigenvalue weighted by Gasteiger charge is 2.43. The molecule has 8 heteroatoms. The highest BCUT2D eigenvalue weighted by molar-refractivity contribution is 8.15. The molecule has 0 unspecified atom stereocenters. The number of hydrogen-bond donors (Lipinski definition) is 2. The summed E-state index contributed by atoms with van der Waals surface area (Å²) in [5, 5.41) is 32.0. The summed E-state index contributed by atoms with van der Waals surface area (Å²) in [6.45, 7) is 1.80. The van der Waals surface area contributed by atoms with Crippen molar-refractivity contribution in [2.75, 3.05) is 0 Å². The van der Waals surface area contributed by atoms with Crippen LogP contribution in [0.4, 0.5) is 0 Å². The summed E-state index contributed by atoms with van der Waals surface area (Å²) >= 11 is 0.802. The molecule has 0 spiro atoms. The van der Waals surface area contributed by atoms with Crippen LogP contribution < -0.4 is 11.2 Å². The number of nitriles is 3. The lowest BCUT2D eigenvalue weighted by molar-refractivity contribution is 0.986. The zero-order valence-corrected chi connectivity index (χ0v) is 12.9. The van der Waals surface area contributed by atoms with Gasteiger partial charge in [0.1, 0.15) is 29.6 Å². The van der Waals surface area contributed by atoms with Crippen LogP contribution in [0.1, 0.15) is 12.5 Å². The first kappa shape index (κ1) is 16.1. The lowest BCUT2D eigenvalue weighted by atomic mass is 10.0. The van der Waals surface area contributed by atoms with E-state index in [0.717, 1.165) is 17.3 Å². The summed E-state index contributed by atoms with van der Waals surface area (Å²) < 4.78 is -1.72. The van der Waals surface area contributed by atoms with Crippen LogP contribution in [-0.2, 0) is 0 Å². The monoisotopic (exact) mass is 321 g/mol. The van der Waals surface area contributed by atoms with E-state index in [2.05, 4.69) is 15.5 Å². The molecule has 112 valence electrons. The highest BCUT2D eigenvalue weighted by Crippen LogP contribution is 2.37. The molecule has 1 heterocycles. The fraction of sp³-hybridized carbons (Fsp3) is 0.133. The summed E-state index contributed by atoms with van der Waals surface area (Å²) in [6, 6.07) is 14.9. The van der Waals surface area contributed by atoms with Crippen molar-refractivity contribution in [2.24, 2.45) is 15.8 Å². The van der Waals surface area contributed by atoms with E-state index in [1.807, 2.05) is 42.5 Å². The van der Waals surface area contributed by atoms with Crippen LogP contribution in [0.15, 0.2) is 51.8 Å². The molecule has 0 fully saturated rings. The second-order valence-corrected chi connectivity index (χ2v) is 5.67. The molecule has 0 saturated heterocycles. The van der Waals surface area contributed by atoms with Gasteiger partial charge in [0.25, 0.3) is 0 Å². The van der Waals surface area contributed by atoms with Gasteiger partial charge in [-0.3, -0.25) is 5.43 Å². The third kappa shape index (κ3) is 3.16. The van der Waals surface area contributed by atoms with Crippen molar-refractivity contribution in [1.82, 2.24) is 5.43 Å². The number of hydrazone groups is 1. The fourth-order valence-corrected chi connectivity index (χ4v) is 2.68. The maximum absolute atomic E-state index is 9.28. The summed E-state index contributed by atoms with van der Waals surface area (Å²) in [6.07, 6.45) is 0. The average molecular weight is 321 g/mol. The lowest BCUT2D eigenvalue weighted by Crippen LogP contribution is -2.34. The Hall–Kier alpha value is -3.28. The first-order chi connectivity index (χ1) is 11.1. The smallest absolute Gasteiger partial charge is 0.234 e. The van der Waals surface area contributed by atoms with Crippen LogP contribution in [0, 0.1) is 34.0 Å². The average Bonchev–Trinajstić information content (AvgIpc) is 2.59. The predicted octanol–water partition coefficient (Wildman–Crippen LogP) is 1.58. The summed E-state index contributed by atoms with van der Waals surface area (Å²) in [4.78, 5) is 3.99. The van der Waals surface area contributed by atoms with E-state index >= 15 is 0 Å². The molecule has 0 bridgehead atoms. The van der Waals surface area contributed by atoms with E-state index in [1.165, 1.54) is 0 Å². The number of rotatable bonds is 2. The minimum absolute atomic E-state index is 0.163. The van der Waals surface area contributed by atoms with E-state index in [-0.39, 0.29) is 16.6 Å². The number of nitrogens with zero attached hydrogens (tertiary/aromatic N) is 5. The van der Waals surface area contributed by atoms with E-state index < -0.39 is 4.75 Å². The van der Waals surface area contributed by atoms with Gasteiger partial charge in [-0.05, 0) is 24.2 Å². The minimum Gasteiger partial charge on any atom is -0.383 e. The Morgan fingerprint density at radius 2 is 1.91 bits per heavy atom. The Morgan fingerprint density at radius 1 is 1.26 bits per heavy atom. The van der Waals surface area contributed by atoms with E-state index in [4.69, 9.17) is 11.0 Å². The Bertz CT molecular complexity index is 817. The van der Waals surface area contributed by atoms with Gasteiger partial charge in [-0.15, -0.1) is 0 Å². The molecule has 2 rings (SSSR count). The van der Waals surface area contributed by atoms with Crippen molar-refractivity contribution in [3.8, 4) is 18.2 Å². The van der Waals surface area contributed by atoms with E-state index in [1.54, 1.807) is 13.0 Å². The van der Waals surface area contributed by atoms with Gasteiger partial charge in [0, 0.05) is 0 Å². The van der Waals surface area contributed by atoms with Crippen LogP contribution in [0.5, 0.6) is 0 Å². The molecule has 0 aliphatic carbocycles. The van der Waals surface area contributed by atoms with Crippen LogP contribution in [0.3, 0.4) is 0 Å². The molecule has 0 radical (unpaired) electrons. The van der Waals surface area contributed by atoms with Gasteiger partial charge < -0.3 is 5.73 Å². The topological polar surface area (TPSA) is 134 Å². The number of nitrogens with two attached hydrogens (primary N) is 1. The predicted molar refractivity (Wildman–Crippen MR) is 87.6 cm³/mol. The first-order valence-corrected chi connectivity index (χ1v) is 7.24. The molecule has 0 atom stereocenters. The Labute approximate surface area is 137 Å². The molecule has 1 aliphatic rings. The maximum atomic E-state index is 9.28. The normalized spacial score (nSPS) is 16.6. The van der Waals surface area contributed by atoms with Gasteiger partial charge in [0.2, 0.25) is 4.75 Å². The fourth-order valence-electron chi connectivity index (χ4n) is 1.81. The van der Waals surface area contributed by atoms with Crippen molar-refractivity contribution >= 4 is 22.6 Å². The Kier molecular flexibility index (Phi) is 4.66. The van der Waals surface area contributed by atoms with Crippen molar-refractivity contribution in [3.05, 3.63) is 47.3 Å². The van der Waals surface area contributed by atoms with E-state index in [9.17, 15) is 10.5 Å². The first-order valence-electron chi connectivity index (χ1n) is 6.42. The molecule has 1 aromatic rings. The molecule has 23 heavy (non-hydrogen) atoms. The minimum atomic E-state index is -1.72. The number of amidine groups is 1. The number of hydrogen-bond acceptors (Lipinski definition) is 8. The van der Waals surface area contributed by atoms with Gasteiger partial charge in [0.15, 0.2) is 5.17 Å². The van der Waals surface area contributed by atoms with Crippen LogP contribution in [0.2, 0.25) is 0 Å². The number of nitrogens with one attached hydrogen (secondary N) is 1. The van der Waals surface area contributed by atoms with Gasteiger partial charge in [-0.2, -0.15) is 20.9 Å². The molecule has 1 aromatic carbocycles. The maximum Gasteiger partial charge on any atom is 0.234 e. The lowest BCUT2D eigenvalue weighted by Gasteiger charge is -2.22. The zero-order chi connectivity index (χ0) is 16.9. The summed E-state index contributed by atoms with van der Waals surface area (Å²) in [5.41, 5.74) is 9.83. The quantitative estimate of drug-likeness (QED) is 0.627. The Balaban J connectivity index is 2.30. The summed E-state index contributed by atoms with van der Waals surface area (Å²) in [7, 11) is 0. The molecular formula is C15H11N7S. The van der Waals surface area contributed by atoms with Crippen LogP contribution in [0.25, 0.3) is 0 Å². The van der Waals surface area contributed by atoms with Gasteiger partial charge >= 0.3 is 0 Å². The molecule has 3 N–H and O–H groups in total. The highest BCUT2D eigenvalue weighted by atomic mass is 32.2. The van der Waals surface area contributed by atoms with Gasteiger partial charge in [-0.25, -0.2) is 4.99 Å². The summed E-state index contributed by atoms with van der Waals surface area (Å²) in [5.74, 6) is -0.163. The van der Waals surface area contributed by atoms with Crippen molar-refractivity contribution in [2.45, 2.75) is 11.7 Å². The zero-order valence-electron chi connectivity index (χ0n) is 12.1. The Morgan fingerprint density at radius 3 is 2.48 bits per heavy atom. The van der Waals surface area contributed by atoms with Crippen LogP contribution >= 0.6 is 11.8 Å². The molecule has 0 aromatic heterocycles. The number of benzene rings is 1. The third-order valence-electron chi connectivity index (χ3n) is 3.02. The van der Waals surface area contributed by atoms with E-state index in [0.29, 0.717) is 5.71 Å². The van der Waals surface area contributed by atoms with Gasteiger partial charge in [0.05, 0.1) is 5.71 Å². The molecule has 0 amide bonds. The third-order valence-corrected chi connectivity index (χ3v) is 4.09. The number of aliphatic imine (C=N–C) groups is 1. The molecule has 1 aliphatic heterocycles. The van der Waals surface area contributed by atoms with Crippen molar-refractivity contribution in [1.29, 1.82) is 15.8 Å². The molecule has 0 saturated carbocycles. The number of thioether (sulfide) groups is 1. The standard InChI is InChI=1S/C15H11N7S/c1-10(11-5-3-2-4-6-11)21-22-14-20-13(19)12(7-16)15(8-17,9-18)23-14/h2-6H,19H2,1H3,(H,20,22)/b21-10+. The largest absolute Gasteiger partial charge is 0.383 e. The van der Waals surface area contributed by atoms with Crippen LogP contribution in [-0.4, -0.2) is 15.6 Å². The van der Waals surface area contributed by atoms with Gasteiger partial charge in [-0.1, -0.05) is 30.3 Å². The second-order valence-electron chi connectivity index (χ2n) is 4.47. The molecular weight excluding hydrogens is 310 g/mol. The second kappa shape index (κ2) is 6.65. The SMILES string of the molecule is C/C(=N\NC1=NC(N)=C(C#N)C(C#N)(C#N)S1)c1ccccc1. The molecule has 7 nitrogen and oxygen atoms in total. The van der Waals surface area contributed by atoms with Crippen molar-refractivity contribution < 1.29 is 0 Å².